The van der Waals surface area contributed by atoms with Crippen LogP contribution in [-0.2, 0) is 9.59 Å². The number of Topliss-reactive ketones (excluding diaryl/α,β-unsaturated/α-hetero) is 1. The van der Waals surface area contributed by atoms with Crippen LogP contribution in [0.25, 0.3) is 0 Å². The number of carbonyl (C=O) groups excluding carboxylic acids is 2. The Balaban J connectivity index is 1.68. The number of para-hydroxylation sites is 2. The summed E-state index contributed by atoms with van der Waals surface area (Å²) in [5.74, 6) is -0.280. The molecule has 1 fully saturated rings. The molecule has 1 unspecified atom stereocenters. The molecule has 0 saturated heterocycles. The summed E-state index contributed by atoms with van der Waals surface area (Å²) in [6.07, 6.45) is 1.17. The largest absolute Gasteiger partial charge is 0.302 e. The van der Waals surface area contributed by atoms with Crippen molar-refractivity contribution >= 4 is 28.8 Å². The summed E-state index contributed by atoms with van der Waals surface area (Å²) in [6, 6.07) is 27.4. The predicted octanol–water partition coefficient (Wildman–Crippen LogP) is 5.63. The van der Waals surface area contributed by atoms with E-state index in [0.29, 0.717) is 12.8 Å². The second-order valence-corrected chi connectivity index (χ2v) is 8.30. The zero-order chi connectivity index (χ0) is 21.4. The second-order valence-electron chi connectivity index (χ2n) is 8.30. The fourth-order valence-electron chi connectivity index (χ4n) is 5.01. The Labute approximate surface area is 182 Å². The van der Waals surface area contributed by atoms with Gasteiger partial charge < -0.3 is 4.90 Å². The molecule has 2 aliphatic rings. The van der Waals surface area contributed by atoms with Crippen molar-refractivity contribution in [3.63, 3.8) is 0 Å². The van der Waals surface area contributed by atoms with E-state index in [2.05, 4.69) is 12.1 Å². The zero-order valence-electron chi connectivity index (χ0n) is 17.4. The number of amides is 1. The number of aliphatic imine (C=N–C) groups is 1. The lowest BCUT2D eigenvalue weighted by Gasteiger charge is -2.38. The van der Waals surface area contributed by atoms with Crippen LogP contribution in [0, 0.1) is 5.92 Å². The highest BCUT2D eigenvalue weighted by molar-refractivity contribution is 6.13. The average Bonchev–Trinajstić information content (AvgIpc) is 2.95. The van der Waals surface area contributed by atoms with Gasteiger partial charge in [-0.1, -0.05) is 72.8 Å². The number of hydrogen-bond acceptors (Lipinski definition) is 3. The van der Waals surface area contributed by atoms with Crippen molar-refractivity contribution in [1.82, 2.24) is 0 Å². The third kappa shape index (κ3) is 3.48. The van der Waals surface area contributed by atoms with E-state index < -0.39 is 12.0 Å². The lowest BCUT2D eigenvalue weighted by molar-refractivity contribution is -0.123. The van der Waals surface area contributed by atoms with E-state index in [1.807, 2.05) is 72.8 Å². The first-order chi connectivity index (χ1) is 15.1. The van der Waals surface area contributed by atoms with Gasteiger partial charge in [-0.2, -0.15) is 0 Å². The minimum atomic E-state index is -0.446. The molecule has 154 valence electrons. The molecule has 3 atom stereocenters. The first-order valence-electron chi connectivity index (χ1n) is 10.7. The van der Waals surface area contributed by atoms with Crippen molar-refractivity contribution in [2.24, 2.45) is 10.9 Å². The molecule has 31 heavy (non-hydrogen) atoms. The predicted molar refractivity (Wildman–Crippen MR) is 123 cm³/mol. The number of benzene rings is 3. The molecule has 1 amide bonds. The molecule has 4 heteroatoms. The van der Waals surface area contributed by atoms with Gasteiger partial charge in [-0.15, -0.1) is 0 Å². The zero-order valence-corrected chi connectivity index (χ0v) is 17.4. The van der Waals surface area contributed by atoms with Gasteiger partial charge in [0.25, 0.3) is 0 Å². The smallest absolute Gasteiger partial charge is 0.224 e. The molecule has 1 aliphatic carbocycles. The molecule has 1 heterocycles. The monoisotopic (exact) mass is 408 g/mol. The molecule has 4 nitrogen and oxygen atoms in total. The highest BCUT2D eigenvalue weighted by atomic mass is 16.2. The van der Waals surface area contributed by atoms with Gasteiger partial charge in [0.15, 0.2) is 0 Å². The van der Waals surface area contributed by atoms with Gasteiger partial charge in [0, 0.05) is 19.1 Å². The van der Waals surface area contributed by atoms with Gasteiger partial charge in [0.2, 0.25) is 5.91 Å². The topological polar surface area (TPSA) is 49.7 Å². The Bertz CT molecular complexity index is 1150. The van der Waals surface area contributed by atoms with Crippen molar-refractivity contribution in [3.8, 4) is 0 Å². The summed E-state index contributed by atoms with van der Waals surface area (Å²) in [5, 5.41) is 0. The Morgan fingerprint density at radius 1 is 0.839 bits per heavy atom. The molecule has 0 spiro atoms. The third-order valence-corrected chi connectivity index (χ3v) is 6.36. The van der Waals surface area contributed by atoms with Crippen molar-refractivity contribution in [3.05, 3.63) is 96.1 Å². The Kier molecular flexibility index (Phi) is 4.99. The van der Waals surface area contributed by atoms with Crippen molar-refractivity contribution in [2.75, 3.05) is 4.90 Å². The van der Waals surface area contributed by atoms with Crippen LogP contribution < -0.4 is 4.90 Å². The van der Waals surface area contributed by atoms with Gasteiger partial charge in [0.1, 0.15) is 5.78 Å². The van der Waals surface area contributed by atoms with E-state index in [1.165, 1.54) is 0 Å². The molecule has 0 radical (unpaired) electrons. The van der Waals surface area contributed by atoms with Crippen LogP contribution in [-0.4, -0.2) is 17.4 Å². The maximum absolute atomic E-state index is 13.6. The fourth-order valence-corrected chi connectivity index (χ4v) is 5.01. The molecule has 1 saturated carbocycles. The molecule has 0 aromatic heterocycles. The van der Waals surface area contributed by atoms with Gasteiger partial charge in [-0.25, -0.2) is 0 Å². The third-order valence-electron chi connectivity index (χ3n) is 6.36. The highest BCUT2D eigenvalue weighted by Crippen LogP contribution is 2.47. The standard InChI is InChI=1S/C27H24N2O2/c1-18(30)29-24-15-9-8-14-22(24)28-23-16-21(19-10-4-2-5-11-19)17-25(31)26(23)27(29)20-12-6-3-7-13-20/h2-15,21,26-27H,16-17H2,1H3/t21-,26?,27-/m1/s1. The maximum atomic E-state index is 13.6. The maximum Gasteiger partial charge on any atom is 0.224 e. The van der Waals surface area contributed by atoms with Crippen LogP contribution >= 0.6 is 0 Å². The lowest BCUT2D eigenvalue weighted by atomic mass is 9.72. The van der Waals surface area contributed by atoms with Crippen LogP contribution in [0.15, 0.2) is 89.9 Å². The van der Waals surface area contributed by atoms with Crippen molar-refractivity contribution in [1.29, 1.82) is 0 Å². The minimum Gasteiger partial charge on any atom is -0.302 e. The summed E-state index contributed by atoms with van der Waals surface area (Å²) >= 11 is 0. The van der Waals surface area contributed by atoms with Crippen LogP contribution in [0.5, 0.6) is 0 Å². The first kappa shape index (κ1) is 19.4. The van der Waals surface area contributed by atoms with Gasteiger partial charge >= 0.3 is 0 Å². The number of fused-ring (bicyclic) bond motifs is 2. The van der Waals surface area contributed by atoms with Crippen molar-refractivity contribution < 1.29 is 9.59 Å². The molecular formula is C27H24N2O2. The molecule has 3 aromatic rings. The number of ketones is 1. The van der Waals surface area contributed by atoms with E-state index in [4.69, 9.17) is 4.99 Å². The quantitative estimate of drug-likeness (QED) is 0.552. The van der Waals surface area contributed by atoms with E-state index in [0.717, 1.165) is 28.2 Å². The normalized spacial score (nSPS) is 22.7. The van der Waals surface area contributed by atoms with Crippen LogP contribution in [0.1, 0.15) is 42.9 Å². The molecule has 1 aliphatic heterocycles. The number of carbonyl (C=O) groups is 2. The highest BCUT2D eigenvalue weighted by Gasteiger charge is 2.45. The van der Waals surface area contributed by atoms with E-state index >= 15 is 0 Å². The summed E-state index contributed by atoms with van der Waals surface area (Å²) in [5.41, 5.74) is 4.50. The molecule has 0 bridgehead atoms. The summed E-state index contributed by atoms with van der Waals surface area (Å²) in [4.78, 5) is 33.3. The summed E-state index contributed by atoms with van der Waals surface area (Å²) in [7, 11) is 0. The summed E-state index contributed by atoms with van der Waals surface area (Å²) < 4.78 is 0. The minimum absolute atomic E-state index is 0.0873. The number of anilines is 1. The van der Waals surface area contributed by atoms with Crippen LogP contribution in [0.4, 0.5) is 11.4 Å². The summed E-state index contributed by atoms with van der Waals surface area (Å²) in [6.45, 7) is 1.57. The second kappa shape index (κ2) is 7.95. The van der Waals surface area contributed by atoms with Gasteiger partial charge in [0.05, 0.1) is 23.3 Å². The Morgan fingerprint density at radius 2 is 1.45 bits per heavy atom. The van der Waals surface area contributed by atoms with E-state index in [9.17, 15) is 9.59 Å². The molecule has 3 aromatic carbocycles. The Hall–Kier alpha value is -3.53. The molecule has 5 rings (SSSR count). The number of rotatable bonds is 2. The van der Waals surface area contributed by atoms with Crippen LogP contribution in [0.2, 0.25) is 0 Å². The van der Waals surface area contributed by atoms with Gasteiger partial charge in [-0.3, -0.25) is 14.6 Å². The van der Waals surface area contributed by atoms with Crippen molar-refractivity contribution in [2.45, 2.75) is 31.7 Å². The lowest BCUT2D eigenvalue weighted by Crippen LogP contribution is -2.45. The first-order valence-corrected chi connectivity index (χ1v) is 10.7. The van der Waals surface area contributed by atoms with E-state index in [-0.39, 0.29) is 17.6 Å². The SMILES string of the molecule is CC(=O)N1c2ccccc2N=C2C[C@@H](c3ccccc3)CC(=O)C2[C@H]1c1ccccc1. The fraction of sp³-hybridized carbons (Fsp3) is 0.222. The number of nitrogens with zero attached hydrogens (tertiary/aromatic N) is 2. The molecule has 0 N–H and O–H groups in total. The van der Waals surface area contributed by atoms with Gasteiger partial charge in [-0.05, 0) is 35.6 Å². The Morgan fingerprint density at radius 3 is 2.13 bits per heavy atom. The number of hydrogen-bond donors (Lipinski definition) is 0. The van der Waals surface area contributed by atoms with E-state index in [1.54, 1.807) is 11.8 Å². The van der Waals surface area contributed by atoms with Crippen LogP contribution in [0.3, 0.4) is 0 Å². The average molecular weight is 409 g/mol. The molecular weight excluding hydrogens is 384 g/mol.